The highest BCUT2D eigenvalue weighted by Gasteiger charge is 2.12. The molecule has 0 saturated heterocycles. The Labute approximate surface area is 126 Å². The Balaban J connectivity index is 1.83. The highest BCUT2D eigenvalue weighted by atomic mass is 16.6. The number of nitrogens with zero attached hydrogens (tertiary/aromatic N) is 3. The molecule has 3 rings (SSSR count). The molecule has 0 bridgehead atoms. The summed E-state index contributed by atoms with van der Waals surface area (Å²) in [6.45, 7) is 2.02. The van der Waals surface area contributed by atoms with Crippen molar-refractivity contribution in [1.82, 2.24) is 10.1 Å². The SMILES string of the molecule is Cc1ccc(Cc2nc(-c3cccc([N+](=O)[O-])c3)no2)cc1. The molecule has 0 aliphatic carbocycles. The highest BCUT2D eigenvalue weighted by molar-refractivity contribution is 5.58. The van der Waals surface area contributed by atoms with Gasteiger partial charge in [-0.3, -0.25) is 10.1 Å². The molecule has 22 heavy (non-hydrogen) atoms. The van der Waals surface area contributed by atoms with Gasteiger partial charge in [-0.2, -0.15) is 4.98 Å². The van der Waals surface area contributed by atoms with Crippen LogP contribution in [-0.2, 0) is 6.42 Å². The van der Waals surface area contributed by atoms with Gasteiger partial charge in [-0.15, -0.1) is 0 Å². The van der Waals surface area contributed by atoms with Crippen LogP contribution in [0.3, 0.4) is 0 Å². The van der Waals surface area contributed by atoms with Crippen molar-refractivity contribution in [1.29, 1.82) is 0 Å². The molecular weight excluding hydrogens is 282 g/mol. The Morgan fingerprint density at radius 3 is 2.68 bits per heavy atom. The molecule has 0 aliphatic heterocycles. The van der Waals surface area contributed by atoms with Crippen molar-refractivity contribution in [2.45, 2.75) is 13.3 Å². The minimum Gasteiger partial charge on any atom is -0.339 e. The topological polar surface area (TPSA) is 82.1 Å². The third kappa shape index (κ3) is 3.01. The molecule has 1 heterocycles. The van der Waals surface area contributed by atoms with Crippen LogP contribution in [0.15, 0.2) is 53.1 Å². The van der Waals surface area contributed by atoms with Crippen molar-refractivity contribution < 1.29 is 9.45 Å². The summed E-state index contributed by atoms with van der Waals surface area (Å²) in [7, 11) is 0. The smallest absolute Gasteiger partial charge is 0.270 e. The van der Waals surface area contributed by atoms with E-state index in [1.807, 2.05) is 31.2 Å². The van der Waals surface area contributed by atoms with Crippen molar-refractivity contribution in [3.05, 3.63) is 75.7 Å². The normalized spacial score (nSPS) is 10.6. The molecule has 3 aromatic rings. The van der Waals surface area contributed by atoms with Gasteiger partial charge in [-0.05, 0) is 12.5 Å². The Morgan fingerprint density at radius 1 is 1.18 bits per heavy atom. The Hall–Kier alpha value is -3.02. The first-order chi connectivity index (χ1) is 10.6. The molecule has 110 valence electrons. The van der Waals surface area contributed by atoms with Gasteiger partial charge in [-0.1, -0.05) is 47.1 Å². The van der Waals surface area contributed by atoms with Crippen LogP contribution in [0.5, 0.6) is 0 Å². The van der Waals surface area contributed by atoms with Crippen molar-refractivity contribution in [2.75, 3.05) is 0 Å². The minimum atomic E-state index is -0.448. The maximum absolute atomic E-state index is 10.8. The average Bonchev–Trinajstić information content (AvgIpc) is 2.98. The standard InChI is InChI=1S/C16H13N3O3/c1-11-5-7-12(8-6-11)9-15-17-16(18-22-15)13-3-2-4-14(10-13)19(20)21/h2-8,10H,9H2,1H3. The molecule has 0 saturated carbocycles. The van der Waals surface area contributed by atoms with E-state index in [0.29, 0.717) is 23.7 Å². The van der Waals surface area contributed by atoms with Gasteiger partial charge in [0.15, 0.2) is 0 Å². The Bertz CT molecular complexity index is 810. The molecular formula is C16H13N3O3. The molecule has 1 aromatic heterocycles. The first-order valence-electron chi connectivity index (χ1n) is 6.75. The van der Waals surface area contributed by atoms with Crippen molar-refractivity contribution in [2.24, 2.45) is 0 Å². The third-order valence-corrected chi connectivity index (χ3v) is 3.26. The maximum Gasteiger partial charge on any atom is 0.270 e. The molecule has 0 aliphatic rings. The van der Waals surface area contributed by atoms with E-state index >= 15 is 0 Å². The van der Waals surface area contributed by atoms with Crippen molar-refractivity contribution >= 4 is 5.69 Å². The lowest BCUT2D eigenvalue weighted by Gasteiger charge is -1.97. The zero-order valence-electron chi connectivity index (χ0n) is 11.9. The molecule has 0 N–H and O–H groups in total. The van der Waals surface area contributed by atoms with Crippen LogP contribution < -0.4 is 0 Å². The minimum absolute atomic E-state index is 0.00221. The second-order valence-electron chi connectivity index (χ2n) is 4.98. The lowest BCUT2D eigenvalue weighted by molar-refractivity contribution is -0.384. The van der Waals surface area contributed by atoms with Gasteiger partial charge in [0.25, 0.3) is 5.69 Å². The van der Waals surface area contributed by atoms with E-state index in [1.165, 1.54) is 17.7 Å². The maximum atomic E-state index is 10.8. The fourth-order valence-electron chi connectivity index (χ4n) is 2.08. The first-order valence-corrected chi connectivity index (χ1v) is 6.75. The largest absolute Gasteiger partial charge is 0.339 e. The van der Waals surface area contributed by atoms with Gasteiger partial charge in [-0.25, -0.2) is 0 Å². The van der Waals surface area contributed by atoms with Crippen LogP contribution in [0.4, 0.5) is 5.69 Å². The molecule has 0 amide bonds. The van der Waals surface area contributed by atoms with E-state index in [4.69, 9.17) is 4.52 Å². The number of non-ortho nitro benzene ring substituents is 1. The lowest BCUT2D eigenvalue weighted by atomic mass is 10.1. The van der Waals surface area contributed by atoms with Gasteiger partial charge in [0.2, 0.25) is 11.7 Å². The van der Waals surface area contributed by atoms with Crippen molar-refractivity contribution in [3.8, 4) is 11.4 Å². The number of rotatable bonds is 4. The van der Waals surface area contributed by atoms with Gasteiger partial charge in [0, 0.05) is 17.7 Å². The Kier molecular flexibility index (Phi) is 3.65. The lowest BCUT2D eigenvalue weighted by Crippen LogP contribution is -1.90. The van der Waals surface area contributed by atoms with Gasteiger partial charge in [0.05, 0.1) is 11.3 Å². The summed E-state index contributed by atoms with van der Waals surface area (Å²) in [5.74, 6) is 0.830. The molecule has 0 unspecified atom stereocenters. The van der Waals surface area contributed by atoms with Gasteiger partial charge < -0.3 is 4.52 Å². The second kappa shape index (κ2) is 5.77. The van der Waals surface area contributed by atoms with E-state index in [0.717, 1.165) is 5.56 Å². The van der Waals surface area contributed by atoms with Crippen molar-refractivity contribution in [3.63, 3.8) is 0 Å². The molecule has 6 heteroatoms. The van der Waals surface area contributed by atoms with Crippen LogP contribution in [0.2, 0.25) is 0 Å². The van der Waals surface area contributed by atoms with E-state index in [9.17, 15) is 10.1 Å². The number of nitro groups is 1. The van der Waals surface area contributed by atoms with E-state index in [1.54, 1.807) is 12.1 Å². The fourth-order valence-corrected chi connectivity index (χ4v) is 2.08. The number of benzene rings is 2. The highest BCUT2D eigenvalue weighted by Crippen LogP contribution is 2.22. The number of hydrogen-bond donors (Lipinski definition) is 0. The molecule has 0 atom stereocenters. The number of aryl methyl sites for hydroxylation is 1. The number of aromatic nitrogens is 2. The summed E-state index contributed by atoms with van der Waals surface area (Å²) in [6.07, 6.45) is 0.530. The van der Waals surface area contributed by atoms with Crippen LogP contribution in [-0.4, -0.2) is 15.1 Å². The third-order valence-electron chi connectivity index (χ3n) is 3.26. The molecule has 0 spiro atoms. The van der Waals surface area contributed by atoms with E-state index in [2.05, 4.69) is 10.1 Å². The zero-order valence-corrected chi connectivity index (χ0v) is 11.9. The summed E-state index contributed by atoms with van der Waals surface area (Å²) in [4.78, 5) is 14.7. The fraction of sp³-hybridized carbons (Fsp3) is 0.125. The summed E-state index contributed by atoms with van der Waals surface area (Å²) >= 11 is 0. The number of nitro benzene ring substituents is 1. The van der Waals surface area contributed by atoms with E-state index in [-0.39, 0.29) is 5.69 Å². The zero-order chi connectivity index (χ0) is 15.5. The summed E-state index contributed by atoms with van der Waals surface area (Å²) in [5.41, 5.74) is 2.82. The van der Waals surface area contributed by atoms with E-state index < -0.39 is 4.92 Å². The summed E-state index contributed by atoms with van der Waals surface area (Å²) < 4.78 is 5.22. The number of hydrogen-bond acceptors (Lipinski definition) is 5. The van der Waals surface area contributed by atoms with Crippen LogP contribution >= 0.6 is 0 Å². The monoisotopic (exact) mass is 295 g/mol. The van der Waals surface area contributed by atoms with Gasteiger partial charge in [0.1, 0.15) is 0 Å². The summed E-state index contributed by atoms with van der Waals surface area (Å²) in [5, 5.41) is 14.7. The predicted octanol–water partition coefficient (Wildman–Crippen LogP) is 3.54. The summed E-state index contributed by atoms with van der Waals surface area (Å²) in [6, 6.07) is 14.2. The molecule has 2 aromatic carbocycles. The van der Waals surface area contributed by atoms with Crippen LogP contribution in [0, 0.1) is 17.0 Å². The Morgan fingerprint density at radius 2 is 1.95 bits per heavy atom. The molecule has 6 nitrogen and oxygen atoms in total. The van der Waals surface area contributed by atoms with Crippen LogP contribution in [0.25, 0.3) is 11.4 Å². The molecule has 0 radical (unpaired) electrons. The second-order valence-corrected chi connectivity index (χ2v) is 4.98. The first kappa shape index (κ1) is 13.9. The van der Waals surface area contributed by atoms with Crippen LogP contribution in [0.1, 0.15) is 17.0 Å². The van der Waals surface area contributed by atoms with Gasteiger partial charge >= 0.3 is 0 Å². The quantitative estimate of drug-likeness (QED) is 0.543. The predicted molar refractivity (Wildman–Crippen MR) is 80.4 cm³/mol. The average molecular weight is 295 g/mol. The molecule has 0 fully saturated rings.